The van der Waals surface area contributed by atoms with Crippen LogP contribution in [0.15, 0.2) is 16.8 Å². The predicted molar refractivity (Wildman–Crippen MR) is 116 cm³/mol. The van der Waals surface area contributed by atoms with Crippen LogP contribution in [0, 0.1) is 24.7 Å². The molecule has 0 aromatic carbocycles. The highest BCUT2D eigenvalue weighted by Crippen LogP contribution is 2.48. The number of hydrogen-bond acceptors (Lipinski definition) is 7. The Labute approximate surface area is 172 Å². The van der Waals surface area contributed by atoms with Crippen LogP contribution in [-0.4, -0.2) is 48.3 Å². The molecule has 4 rings (SSSR count). The zero-order chi connectivity index (χ0) is 20.5. The van der Waals surface area contributed by atoms with Crippen LogP contribution in [0.3, 0.4) is 0 Å². The molecule has 0 radical (unpaired) electrons. The highest BCUT2D eigenvalue weighted by molar-refractivity contribution is 6.03. The van der Waals surface area contributed by atoms with Gasteiger partial charge in [0.05, 0.1) is 5.69 Å². The number of aryl methyl sites for hydroxylation is 1. The first-order valence-corrected chi connectivity index (χ1v) is 10.5. The van der Waals surface area contributed by atoms with Gasteiger partial charge in [0.15, 0.2) is 5.82 Å². The number of aromatic nitrogens is 2. The third-order valence-electron chi connectivity index (χ3n) is 6.76. The van der Waals surface area contributed by atoms with Crippen molar-refractivity contribution >= 4 is 29.6 Å². The van der Waals surface area contributed by atoms with Gasteiger partial charge in [-0.1, -0.05) is 6.42 Å². The fourth-order valence-electron chi connectivity index (χ4n) is 4.86. The lowest BCUT2D eigenvalue weighted by atomic mass is 9.89. The SMILES string of the molecule is Cc1nc(NC/C(C=NCC2CC3CCC2C3)=C/N)nc2c1NC(=O)[C@H](C)N2C. The number of nitrogens with two attached hydrogens (primary N) is 1. The van der Waals surface area contributed by atoms with Crippen molar-refractivity contribution in [3.63, 3.8) is 0 Å². The fourth-order valence-corrected chi connectivity index (χ4v) is 4.86. The van der Waals surface area contributed by atoms with E-state index in [4.69, 9.17) is 5.73 Å². The molecule has 2 saturated carbocycles. The number of likely N-dealkylation sites (N-methyl/N-ethyl adjacent to an activating group) is 1. The molecule has 2 fully saturated rings. The average Bonchev–Trinajstić information content (AvgIpc) is 3.33. The maximum absolute atomic E-state index is 12.0. The van der Waals surface area contributed by atoms with Crippen LogP contribution in [-0.2, 0) is 4.79 Å². The van der Waals surface area contributed by atoms with E-state index in [0.29, 0.717) is 18.2 Å². The van der Waals surface area contributed by atoms with Crippen LogP contribution < -0.4 is 21.3 Å². The Balaban J connectivity index is 1.37. The summed E-state index contributed by atoms with van der Waals surface area (Å²) >= 11 is 0. The summed E-state index contributed by atoms with van der Waals surface area (Å²) in [4.78, 5) is 27.6. The second-order valence-corrected chi connectivity index (χ2v) is 8.63. The normalized spacial score (nSPS) is 28.7. The standard InChI is InChI=1S/C21H31N7O/c1-12-18-19(28(3)13(2)20(29)26-18)27-21(25-12)24-10-15(8-22)9-23-11-17-7-14-4-5-16(17)6-14/h8-9,13-14,16-17H,4-7,10-11,22H2,1-3H3,(H,26,29)(H,24,25,27)/b15-8+,23-9?/t13-,14?,16?,17?/m0/s1. The summed E-state index contributed by atoms with van der Waals surface area (Å²) in [6.07, 6.45) is 9.00. The first-order chi connectivity index (χ1) is 14.0. The molecule has 4 atom stereocenters. The van der Waals surface area contributed by atoms with E-state index in [2.05, 4.69) is 25.6 Å². The second-order valence-electron chi connectivity index (χ2n) is 8.63. The van der Waals surface area contributed by atoms with Crippen molar-refractivity contribution in [2.45, 2.75) is 45.6 Å². The van der Waals surface area contributed by atoms with E-state index in [1.165, 1.54) is 25.7 Å². The largest absolute Gasteiger partial charge is 0.404 e. The first kappa shape index (κ1) is 19.7. The molecule has 1 aromatic heterocycles. The zero-order valence-electron chi connectivity index (χ0n) is 17.5. The third kappa shape index (κ3) is 3.93. The molecule has 8 heteroatoms. The van der Waals surface area contributed by atoms with E-state index in [1.807, 2.05) is 32.0 Å². The number of amides is 1. The quantitative estimate of drug-likeness (QED) is 0.636. The smallest absolute Gasteiger partial charge is 0.246 e. The number of carbonyl (C=O) groups is 1. The number of nitrogens with zero attached hydrogens (tertiary/aromatic N) is 4. The van der Waals surface area contributed by atoms with Crippen LogP contribution in [0.25, 0.3) is 0 Å². The Kier molecular flexibility index (Phi) is 5.43. The van der Waals surface area contributed by atoms with Gasteiger partial charge in [-0.25, -0.2) is 4.98 Å². The lowest BCUT2D eigenvalue weighted by Crippen LogP contribution is -2.44. The summed E-state index contributed by atoms with van der Waals surface area (Å²) in [5.41, 5.74) is 8.10. The molecule has 3 aliphatic rings. The monoisotopic (exact) mass is 397 g/mol. The Hall–Kier alpha value is -2.64. The maximum Gasteiger partial charge on any atom is 0.246 e. The molecule has 8 nitrogen and oxygen atoms in total. The van der Waals surface area contributed by atoms with Gasteiger partial charge >= 0.3 is 0 Å². The molecular weight excluding hydrogens is 366 g/mol. The Morgan fingerprint density at radius 1 is 1.38 bits per heavy atom. The predicted octanol–water partition coefficient (Wildman–Crippen LogP) is 2.32. The number of carbonyl (C=O) groups excluding carboxylic acids is 1. The first-order valence-electron chi connectivity index (χ1n) is 10.5. The summed E-state index contributed by atoms with van der Waals surface area (Å²) in [6, 6.07) is -0.276. The van der Waals surface area contributed by atoms with Crippen LogP contribution in [0.2, 0.25) is 0 Å². The van der Waals surface area contributed by atoms with Crippen LogP contribution in [0.4, 0.5) is 17.5 Å². The second kappa shape index (κ2) is 8.00. The highest BCUT2D eigenvalue weighted by Gasteiger charge is 2.38. The Morgan fingerprint density at radius 2 is 2.21 bits per heavy atom. The summed E-state index contributed by atoms with van der Waals surface area (Å²) in [7, 11) is 1.87. The molecular formula is C21H31N7O. The van der Waals surface area contributed by atoms with Gasteiger partial charge in [-0.05, 0) is 50.9 Å². The van der Waals surface area contributed by atoms with Crippen LogP contribution >= 0.6 is 0 Å². The minimum absolute atomic E-state index is 0.0487. The van der Waals surface area contributed by atoms with Gasteiger partial charge < -0.3 is 21.3 Å². The van der Waals surface area contributed by atoms with E-state index < -0.39 is 0 Å². The van der Waals surface area contributed by atoms with Crippen molar-refractivity contribution in [2.24, 2.45) is 28.5 Å². The van der Waals surface area contributed by atoms with Crippen molar-refractivity contribution < 1.29 is 4.79 Å². The van der Waals surface area contributed by atoms with Gasteiger partial charge in [-0.2, -0.15) is 4.98 Å². The van der Waals surface area contributed by atoms with Crippen molar-refractivity contribution in [3.8, 4) is 0 Å². The van der Waals surface area contributed by atoms with E-state index >= 15 is 0 Å². The molecule has 1 amide bonds. The van der Waals surface area contributed by atoms with Gasteiger partial charge in [0, 0.05) is 38.1 Å². The summed E-state index contributed by atoms with van der Waals surface area (Å²) in [5.74, 6) is 3.75. The van der Waals surface area contributed by atoms with E-state index in [-0.39, 0.29) is 11.9 Å². The van der Waals surface area contributed by atoms with Crippen molar-refractivity contribution in [1.29, 1.82) is 0 Å². The topological polar surface area (TPSA) is 109 Å². The summed E-state index contributed by atoms with van der Waals surface area (Å²) in [5, 5.41) is 6.13. The number of rotatable bonds is 6. The fraction of sp³-hybridized carbons (Fsp3) is 0.619. The molecule has 4 N–H and O–H groups in total. The number of anilines is 3. The Bertz CT molecular complexity index is 850. The van der Waals surface area contributed by atoms with E-state index in [9.17, 15) is 4.79 Å². The lowest BCUT2D eigenvalue weighted by Gasteiger charge is -2.32. The van der Waals surface area contributed by atoms with Crippen molar-refractivity contribution in [1.82, 2.24) is 9.97 Å². The van der Waals surface area contributed by atoms with E-state index in [1.54, 1.807) is 6.20 Å². The molecule has 156 valence electrons. The van der Waals surface area contributed by atoms with E-state index in [0.717, 1.165) is 41.4 Å². The zero-order valence-corrected chi connectivity index (χ0v) is 17.5. The van der Waals surface area contributed by atoms with Gasteiger partial charge in [0.1, 0.15) is 11.7 Å². The van der Waals surface area contributed by atoms with Crippen LogP contribution in [0.1, 0.15) is 38.3 Å². The van der Waals surface area contributed by atoms with Gasteiger partial charge in [0.2, 0.25) is 11.9 Å². The molecule has 2 bridgehead atoms. The maximum atomic E-state index is 12.0. The number of fused-ring (bicyclic) bond motifs is 3. The van der Waals surface area contributed by atoms with Crippen LogP contribution in [0.5, 0.6) is 0 Å². The average molecular weight is 398 g/mol. The lowest BCUT2D eigenvalue weighted by molar-refractivity contribution is -0.117. The van der Waals surface area contributed by atoms with Gasteiger partial charge in [0.25, 0.3) is 0 Å². The molecule has 2 aliphatic carbocycles. The minimum Gasteiger partial charge on any atom is -0.404 e. The molecule has 29 heavy (non-hydrogen) atoms. The molecule has 0 spiro atoms. The Morgan fingerprint density at radius 3 is 2.90 bits per heavy atom. The van der Waals surface area contributed by atoms with Gasteiger partial charge in [-0.3, -0.25) is 9.79 Å². The number of nitrogens with one attached hydrogen (secondary N) is 2. The molecule has 1 aliphatic heterocycles. The third-order valence-corrected chi connectivity index (χ3v) is 6.76. The molecule has 0 saturated heterocycles. The molecule has 2 heterocycles. The van der Waals surface area contributed by atoms with Crippen molar-refractivity contribution in [2.75, 3.05) is 35.7 Å². The number of hydrogen-bond donors (Lipinski definition) is 3. The minimum atomic E-state index is -0.276. The number of aliphatic imine (C=N–C) groups is 1. The molecule has 1 aromatic rings. The molecule has 3 unspecified atom stereocenters. The summed E-state index contributed by atoms with van der Waals surface area (Å²) < 4.78 is 0. The highest BCUT2D eigenvalue weighted by atomic mass is 16.2. The summed E-state index contributed by atoms with van der Waals surface area (Å²) in [6.45, 7) is 5.12. The van der Waals surface area contributed by atoms with Crippen molar-refractivity contribution in [3.05, 3.63) is 17.5 Å². The van der Waals surface area contributed by atoms with Gasteiger partial charge in [-0.15, -0.1) is 0 Å².